The van der Waals surface area contributed by atoms with Crippen molar-refractivity contribution in [1.82, 2.24) is 0 Å². The maximum Gasteiger partial charge on any atom is 0.179 e. The van der Waals surface area contributed by atoms with E-state index in [2.05, 4.69) is 155 Å². The van der Waals surface area contributed by atoms with Gasteiger partial charge < -0.3 is 0 Å². The fraction of sp³-hybridized carbons (Fsp3) is 0. The zero-order valence-corrected chi connectivity index (χ0v) is 20.2. The van der Waals surface area contributed by atoms with Crippen LogP contribution in [0, 0.1) is 0 Å². The number of benzene rings is 5. The molecule has 0 aliphatic heterocycles. The number of hydrogen-bond acceptors (Lipinski definition) is 0. The van der Waals surface area contributed by atoms with Crippen LogP contribution in [-0.4, -0.2) is 8.07 Å². The molecule has 0 saturated carbocycles. The standard InChI is InChI=1S/C30H23BrSi/c31-30-19-11-10-18-29(30)24-20-22-28(23-21-24)32(25-12-4-1-5-13-25,26-14-6-2-7-15-26)27-16-8-3-9-17-27/h1-23H. The van der Waals surface area contributed by atoms with Gasteiger partial charge >= 0.3 is 0 Å². The van der Waals surface area contributed by atoms with Crippen LogP contribution in [0.3, 0.4) is 0 Å². The van der Waals surface area contributed by atoms with Crippen LogP contribution in [0.25, 0.3) is 11.1 Å². The molecular weight excluding hydrogens is 468 g/mol. The van der Waals surface area contributed by atoms with Crippen LogP contribution < -0.4 is 20.7 Å². The number of halogens is 1. The van der Waals surface area contributed by atoms with Crippen LogP contribution in [0.15, 0.2) is 144 Å². The van der Waals surface area contributed by atoms with Crippen molar-refractivity contribution in [3.05, 3.63) is 144 Å². The quantitative estimate of drug-likeness (QED) is 0.225. The van der Waals surface area contributed by atoms with Crippen molar-refractivity contribution in [2.45, 2.75) is 0 Å². The lowest BCUT2D eigenvalue weighted by Crippen LogP contribution is -2.74. The smallest absolute Gasteiger partial charge is 0.0623 e. The van der Waals surface area contributed by atoms with E-state index in [0.717, 1.165) is 4.47 Å². The van der Waals surface area contributed by atoms with Crippen LogP contribution in [0.5, 0.6) is 0 Å². The topological polar surface area (TPSA) is 0 Å². The van der Waals surface area contributed by atoms with Crippen LogP contribution in [0.4, 0.5) is 0 Å². The Morgan fingerprint density at radius 1 is 0.375 bits per heavy atom. The molecule has 0 N–H and O–H groups in total. The zero-order chi connectivity index (χ0) is 21.8. The molecule has 0 heterocycles. The van der Waals surface area contributed by atoms with E-state index < -0.39 is 8.07 Å². The molecule has 154 valence electrons. The SMILES string of the molecule is Brc1ccccc1-c1ccc([Si](c2ccccc2)(c2ccccc2)c2ccccc2)cc1. The predicted octanol–water partition coefficient (Wildman–Crippen LogP) is 5.49. The van der Waals surface area contributed by atoms with Crippen molar-refractivity contribution in [2.24, 2.45) is 0 Å². The highest BCUT2D eigenvalue weighted by molar-refractivity contribution is 9.10. The lowest BCUT2D eigenvalue weighted by atomic mass is 10.1. The van der Waals surface area contributed by atoms with Gasteiger partial charge in [-0.05, 0) is 37.9 Å². The lowest BCUT2D eigenvalue weighted by Gasteiger charge is -2.34. The maximum atomic E-state index is 3.71. The van der Waals surface area contributed by atoms with E-state index in [1.165, 1.54) is 31.9 Å². The summed E-state index contributed by atoms with van der Waals surface area (Å²) in [5, 5.41) is 5.57. The van der Waals surface area contributed by atoms with Crippen LogP contribution in [0.1, 0.15) is 0 Å². The summed E-state index contributed by atoms with van der Waals surface area (Å²) in [5.74, 6) is 0. The van der Waals surface area contributed by atoms with Crippen molar-refractivity contribution in [1.29, 1.82) is 0 Å². The molecule has 0 radical (unpaired) electrons. The molecule has 32 heavy (non-hydrogen) atoms. The maximum absolute atomic E-state index is 3.71. The summed E-state index contributed by atoms with van der Waals surface area (Å²) in [6.07, 6.45) is 0. The minimum atomic E-state index is -2.45. The first kappa shape index (κ1) is 20.7. The van der Waals surface area contributed by atoms with Gasteiger partial charge in [-0.1, -0.05) is 149 Å². The highest BCUT2D eigenvalue weighted by atomic mass is 79.9. The number of rotatable bonds is 5. The summed E-state index contributed by atoms with van der Waals surface area (Å²) in [6.45, 7) is 0. The minimum absolute atomic E-state index is 1.12. The molecular formula is C30H23BrSi. The molecule has 0 aliphatic carbocycles. The molecule has 2 heteroatoms. The zero-order valence-electron chi connectivity index (χ0n) is 17.7. The normalized spacial score (nSPS) is 11.3. The summed E-state index contributed by atoms with van der Waals surface area (Å²) in [6, 6.07) is 50.7. The van der Waals surface area contributed by atoms with E-state index in [1.54, 1.807) is 0 Å². The van der Waals surface area contributed by atoms with Gasteiger partial charge in [-0.15, -0.1) is 0 Å². The Labute approximate surface area is 199 Å². The summed E-state index contributed by atoms with van der Waals surface area (Å²) in [7, 11) is -2.45. The highest BCUT2D eigenvalue weighted by Crippen LogP contribution is 2.27. The van der Waals surface area contributed by atoms with Crippen molar-refractivity contribution in [3.63, 3.8) is 0 Å². The predicted molar refractivity (Wildman–Crippen MR) is 143 cm³/mol. The average molecular weight is 492 g/mol. The lowest BCUT2D eigenvalue weighted by molar-refractivity contribution is 1.59. The molecule has 0 bridgehead atoms. The van der Waals surface area contributed by atoms with Crippen molar-refractivity contribution in [3.8, 4) is 11.1 Å². The van der Waals surface area contributed by atoms with Gasteiger partial charge in [0.2, 0.25) is 0 Å². The van der Waals surface area contributed by atoms with Crippen LogP contribution >= 0.6 is 15.9 Å². The summed E-state index contributed by atoms with van der Waals surface area (Å²) >= 11 is 3.71. The third-order valence-corrected chi connectivity index (χ3v) is 11.6. The summed E-state index contributed by atoms with van der Waals surface area (Å²) in [5.41, 5.74) is 2.43. The van der Waals surface area contributed by atoms with E-state index in [4.69, 9.17) is 0 Å². The Balaban J connectivity index is 1.78. The van der Waals surface area contributed by atoms with Gasteiger partial charge in [0.1, 0.15) is 0 Å². The van der Waals surface area contributed by atoms with Gasteiger partial charge in [-0.2, -0.15) is 0 Å². The van der Waals surface area contributed by atoms with E-state index in [1.807, 2.05) is 0 Å². The molecule has 0 atom stereocenters. The molecule has 0 fully saturated rings. The number of hydrogen-bond donors (Lipinski definition) is 0. The highest BCUT2D eigenvalue weighted by Gasteiger charge is 2.41. The van der Waals surface area contributed by atoms with Gasteiger partial charge in [0, 0.05) is 4.47 Å². The average Bonchev–Trinajstić information content (AvgIpc) is 2.87. The second-order valence-corrected chi connectivity index (χ2v) is 12.6. The minimum Gasteiger partial charge on any atom is -0.0623 e. The fourth-order valence-corrected chi connectivity index (χ4v) is 9.92. The largest absolute Gasteiger partial charge is 0.179 e. The van der Waals surface area contributed by atoms with Crippen molar-refractivity contribution < 1.29 is 0 Å². The van der Waals surface area contributed by atoms with Gasteiger partial charge in [-0.3, -0.25) is 0 Å². The molecule has 0 amide bonds. The van der Waals surface area contributed by atoms with Crippen molar-refractivity contribution >= 4 is 44.8 Å². The third kappa shape index (κ3) is 3.66. The molecule has 0 aromatic heterocycles. The molecule has 0 saturated heterocycles. The second kappa shape index (κ2) is 9.11. The Morgan fingerprint density at radius 3 is 1.19 bits per heavy atom. The van der Waals surface area contributed by atoms with Crippen molar-refractivity contribution in [2.75, 3.05) is 0 Å². The Morgan fingerprint density at radius 2 is 0.750 bits per heavy atom. The molecule has 0 unspecified atom stereocenters. The molecule has 5 rings (SSSR count). The van der Waals surface area contributed by atoms with Gasteiger partial charge in [0.25, 0.3) is 0 Å². The molecule has 5 aromatic carbocycles. The first-order chi connectivity index (χ1) is 15.8. The van der Waals surface area contributed by atoms with E-state index in [-0.39, 0.29) is 0 Å². The molecule has 0 aliphatic rings. The fourth-order valence-electron chi connectivity index (χ4n) is 4.66. The van der Waals surface area contributed by atoms with E-state index in [0.29, 0.717) is 0 Å². The monoisotopic (exact) mass is 490 g/mol. The first-order valence-corrected chi connectivity index (χ1v) is 13.6. The molecule has 0 spiro atoms. The first-order valence-electron chi connectivity index (χ1n) is 10.8. The van der Waals surface area contributed by atoms with E-state index in [9.17, 15) is 0 Å². The summed E-state index contributed by atoms with van der Waals surface area (Å²) in [4.78, 5) is 0. The Bertz CT molecular complexity index is 1200. The third-order valence-electron chi connectivity index (χ3n) is 6.12. The summed E-state index contributed by atoms with van der Waals surface area (Å²) < 4.78 is 1.12. The van der Waals surface area contributed by atoms with E-state index >= 15 is 0 Å². The van der Waals surface area contributed by atoms with Gasteiger partial charge in [0.05, 0.1) is 0 Å². The second-order valence-electron chi connectivity index (χ2n) is 7.91. The Kier molecular flexibility index (Phi) is 5.89. The van der Waals surface area contributed by atoms with Crippen LogP contribution in [-0.2, 0) is 0 Å². The van der Waals surface area contributed by atoms with Gasteiger partial charge in [0.15, 0.2) is 8.07 Å². The van der Waals surface area contributed by atoms with Crippen LogP contribution in [0.2, 0.25) is 0 Å². The Hall–Kier alpha value is -3.20. The van der Waals surface area contributed by atoms with Gasteiger partial charge in [-0.25, -0.2) is 0 Å². The molecule has 0 nitrogen and oxygen atoms in total. The molecule has 5 aromatic rings.